The van der Waals surface area contributed by atoms with E-state index >= 15 is 0 Å². The molecule has 0 saturated carbocycles. The molecule has 0 aromatic carbocycles. The van der Waals surface area contributed by atoms with E-state index in [2.05, 4.69) is 41.7 Å². The molecule has 0 saturated heterocycles. The molecule has 0 aliphatic heterocycles. The summed E-state index contributed by atoms with van der Waals surface area (Å²) in [5.74, 6) is 0. The Morgan fingerprint density at radius 3 is 2.93 bits per heavy atom. The summed E-state index contributed by atoms with van der Waals surface area (Å²) in [6.45, 7) is 4.56. The summed E-state index contributed by atoms with van der Waals surface area (Å²) in [5, 5.41) is 5.35. The van der Waals surface area contributed by atoms with Crippen molar-refractivity contribution in [2.24, 2.45) is 0 Å². The quantitative estimate of drug-likeness (QED) is 0.767. The Bertz CT molecular complexity index is 246. The lowest BCUT2D eigenvalue weighted by Gasteiger charge is -2.24. The molecule has 15 heavy (non-hydrogen) atoms. The molecule has 0 aliphatic rings. The Morgan fingerprint density at radius 2 is 2.33 bits per heavy atom. The van der Waals surface area contributed by atoms with Crippen LogP contribution in [0.4, 0.5) is 0 Å². The molecule has 1 unspecified atom stereocenters. The van der Waals surface area contributed by atoms with Gasteiger partial charge < -0.3 is 10.2 Å². The van der Waals surface area contributed by atoms with Gasteiger partial charge in [-0.25, -0.2) is 0 Å². The van der Waals surface area contributed by atoms with E-state index in [1.165, 1.54) is 17.7 Å². The first-order chi connectivity index (χ1) is 7.24. The highest BCUT2D eigenvalue weighted by Gasteiger charge is 2.08. The Balaban J connectivity index is 2.20. The molecule has 2 nitrogen and oxygen atoms in total. The van der Waals surface area contributed by atoms with E-state index in [9.17, 15) is 0 Å². The first kappa shape index (κ1) is 12.7. The summed E-state index contributed by atoms with van der Waals surface area (Å²) >= 11 is 1.86. The van der Waals surface area contributed by atoms with Gasteiger partial charge in [0.2, 0.25) is 0 Å². The van der Waals surface area contributed by atoms with Crippen LogP contribution in [0.3, 0.4) is 0 Å². The standard InChI is InChI=1S/C12H22N2S/c1-11(6-8-13-2)14(3)9-7-12-5-4-10-15-12/h4-5,10-11,13H,6-9H2,1-3H3. The van der Waals surface area contributed by atoms with Crippen LogP contribution < -0.4 is 5.32 Å². The van der Waals surface area contributed by atoms with Gasteiger partial charge in [0.05, 0.1) is 0 Å². The summed E-state index contributed by atoms with van der Waals surface area (Å²) in [5.41, 5.74) is 0. The third-order valence-corrected chi connectivity index (χ3v) is 3.79. The number of nitrogens with one attached hydrogen (secondary N) is 1. The second-order valence-electron chi connectivity index (χ2n) is 4.05. The van der Waals surface area contributed by atoms with Crippen LogP contribution in [0, 0.1) is 0 Å². The largest absolute Gasteiger partial charge is 0.320 e. The van der Waals surface area contributed by atoms with E-state index in [1.54, 1.807) is 0 Å². The zero-order chi connectivity index (χ0) is 11.1. The Kier molecular flexibility index (Phi) is 5.91. The van der Waals surface area contributed by atoms with Gasteiger partial charge >= 0.3 is 0 Å². The molecular formula is C12H22N2S. The van der Waals surface area contributed by atoms with Gasteiger partial charge in [0.15, 0.2) is 0 Å². The minimum absolute atomic E-state index is 0.664. The molecule has 0 radical (unpaired) electrons. The molecule has 1 aromatic rings. The Labute approximate surface area is 97.3 Å². The van der Waals surface area contributed by atoms with Gasteiger partial charge in [-0.1, -0.05) is 6.07 Å². The summed E-state index contributed by atoms with van der Waals surface area (Å²) in [6, 6.07) is 5.01. The lowest BCUT2D eigenvalue weighted by atomic mass is 10.2. The highest BCUT2D eigenvalue weighted by Crippen LogP contribution is 2.10. The van der Waals surface area contributed by atoms with Crippen molar-refractivity contribution >= 4 is 11.3 Å². The Morgan fingerprint density at radius 1 is 1.53 bits per heavy atom. The van der Waals surface area contributed by atoms with Gasteiger partial charge in [-0.05, 0) is 51.9 Å². The summed E-state index contributed by atoms with van der Waals surface area (Å²) < 4.78 is 0. The van der Waals surface area contributed by atoms with Crippen LogP contribution in [-0.4, -0.2) is 38.1 Å². The van der Waals surface area contributed by atoms with Crippen molar-refractivity contribution in [3.63, 3.8) is 0 Å². The van der Waals surface area contributed by atoms with E-state index in [4.69, 9.17) is 0 Å². The maximum Gasteiger partial charge on any atom is 0.00760 e. The van der Waals surface area contributed by atoms with Crippen molar-refractivity contribution in [2.75, 3.05) is 27.2 Å². The third-order valence-electron chi connectivity index (χ3n) is 2.86. The topological polar surface area (TPSA) is 15.3 Å². The summed E-state index contributed by atoms with van der Waals surface area (Å²) in [4.78, 5) is 3.93. The van der Waals surface area contributed by atoms with E-state index in [0.29, 0.717) is 6.04 Å². The number of likely N-dealkylation sites (N-methyl/N-ethyl adjacent to an activating group) is 1. The highest BCUT2D eigenvalue weighted by molar-refractivity contribution is 7.09. The van der Waals surface area contributed by atoms with Crippen molar-refractivity contribution < 1.29 is 0 Å². The number of hydrogen-bond acceptors (Lipinski definition) is 3. The van der Waals surface area contributed by atoms with Gasteiger partial charge in [-0.15, -0.1) is 11.3 Å². The molecule has 3 heteroatoms. The zero-order valence-electron chi connectivity index (χ0n) is 9.99. The van der Waals surface area contributed by atoms with Crippen molar-refractivity contribution in [1.29, 1.82) is 0 Å². The lowest BCUT2D eigenvalue weighted by Crippen LogP contribution is -2.33. The molecule has 0 aliphatic carbocycles. The van der Waals surface area contributed by atoms with Crippen LogP contribution >= 0.6 is 11.3 Å². The predicted molar refractivity (Wildman–Crippen MR) is 68.7 cm³/mol. The van der Waals surface area contributed by atoms with Gasteiger partial charge in [-0.3, -0.25) is 0 Å². The number of rotatable bonds is 7. The lowest BCUT2D eigenvalue weighted by molar-refractivity contribution is 0.249. The van der Waals surface area contributed by atoms with E-state index in [-0.39, 0.29) is 0 Å². The fourth-order valence-electron chi connectivity index (χ4n) is 1.54. The fraction of sp³-hybridized carbons (Fsp3) is 0.667. The number of hydrogen-bond donors (Lipinski definition) is 1. The van der Waals surface area contributed by atoms with Crippen LogP contribution in [0.5, 0.6) is 0 Å². The van der Waals surface area contributed by atoms with Crippen LogP contribution in [-0.2, 0) is 6.42 Å². The SMILES string of the molecule is CNCCC(C)N(C)CCc1cccs1. The highest BCUT2D eigenvalue weighted by atomic mass is 32.1. The maximum atomic E-state index is 3.20. The third kappa shape index (κ3) is 4.78. The normalized spacial score (nSPS) is 13.3. The van der Waals surface area contributed by atoms with Gasteiger partial charge in [-0.2, -0.15) is 0 Å². The minimum Gasteiger partial charge on any atom is -0.320 e. The molecule has 1 heterocycles. The molecule has 1 N–H and O–H groups in total. The number of nitrogens with zero attached hydrogens (tertiary/aromatic N) is 1. The number of thiophene rings is 1. The van der Waals surface area contributed by atoms with E-state index in [0.717, 1.165) is 13.1 Å². The van der Waals surface area contributed by atoms with Crippen molar-refractivity contribution in [1.82, 2.24) is 10.2 Å². The van der Waals surface area contributed by atoms with Crippen molar-refractivity contribution in [3.8, 4) is 0 Å². The second-order valence-corrected chi connectivity index (χ2v) is 5.08. The summed E-state index contributed by atoms with van der Waals surface area (Å²) in [6.07, 6.45) is 2.40. The van der Waals surface area contributed by atoms with E-state index in [1.807, 2.05) is 18.4 Å². The molecule has 1 atom stereocenters. The predicted octanol–water partition coefficient (Wildman–Crippen LogP) is 2.22. The summed E-state index contributed by atoms with van der Waals surface area (Å²) in [7, 11) is 4.23. The van der Waals surface area contributed by atoms with Crippen LogP contribution in [0.1, 0.15) is 18.2 Å². The molecule has 1 aromatic heterocycles. The van der Waals surface area contributed by atoms with Gasteiger partial charge in [0.1, 0.15) is 0 Å². The second kappa shape index (κ2) is 6.99. The zero-order valence-corrected chi connectivity index (χ0v) is 10.8. The molecule has 1 rings (SSSR count). The first-order valence-corrected chi connectivity index (χ1v) is 6.49. The van der Waals surface area contributed by atoms with Crippen molar-refractivity contribution in [2.45, 2.75) is 25.8 Å². The fourth-order valence-corrected chi connectivity index (χ4v) is 2.23. The van der Waals surface area contributed by atoms with Gasteiger partial charge in [0.25, 0.3) is 0 Å². The smallest absolute Gasteiger partial charge is 0.00760 e. The molecule has 0 spiro atoms. The van der Waals surface area contributed by atoms with E-state index < -0.39 is 0 Å². The molecule has 86 valence electrons. The molecule has 0 amide bonds. The first-order valence-electron chi connectivity index (χ1n) is 5.61. The Hall–Kier alpha value is -0.380. The maximum absolute atomic E-state index is 3.20. The molecular weight excluding hydrogens is 204 g/mol. The molecule has 0 bridgehead atoms. The van der Waals surface area contributed by atoms with Crippen LogP contribution in [0.15, 0.2) is 17.5 Å². The van der Waals surface area contributed by atoms with Crippen molar-refractivity contribution in [3.05, 3.63) is 22.4 Å². The monoisotopic (exact) mass is 226 g/mol. The van der Waals surface area contributed by atoms with Crippen LogP contribution in [0.2, 0.25) is 0 Å². The average Bonchev–Trinajstić information content (AvgIpc) is 2.75. The van der Waals surface area contributed by atoms with Gasteiger partial charge in [0, 0.05) is 17.5 Å². The molecule has 0 fully saturated rings. The average molecular weight is 226 g/mol. The minimum atomic E-state index is 0.664. The van der Waals surface area contributed by atoms with Crippen LogP contribution in [0.25, 0.3) is 0 Å².